The number of carbonyl (C=O) groups excluding carboxylic acids is 1. The highest BCUT2D eigenvalue weighted by atomic mass is 32.2. The number of benzene rings is 1. The first kappa shape index (κ1) is 13.5. The van der Waals surface area contributed by atoms with Crippen LogP contribution in [0.3, 0.4) is 0 Å². The molecule has 1 amide bonds. The molecule has 1 aliphatic carbocycles. The van der Waals surface area contributed by atoms with E-state index in [1.54, 1.807) is 12.1 Å². The molecule has 0 saturated heterocycles. The van der Waals surface area contributed by atoms with Gasteiger partial charge in [-0.05, 0) is 36.6 Å². The largest absolute Gasteiger partial charge is 0.326 e. The lowest BCUT2D eigenvalue weighted by Crippen LogP contribution is -2.32. The van der Waals surface area contributed by atoms with E-state index >= 15 is 0 Å². The Kier molecular flexibility index (Phi) is 3.49. The van der Waals surface area contributed by atoms with Crippen molar-refractivity contribution in [2.24, 2.45) is 0 Å². The molecule has 3 rings (SSSR count). The summed E-state index contributed by atoms with van der Waals surface area (Å²) in [6.45, 7) is 1.00. The molecule has 20 heavy (non-hydrogen) atoms. The SMILES string of the molecule is O=C1Cc2cc(S(=O)(=O)NCCNC3CC3)ccc2N1. The zero-order valence-electron chi connectivity index (χ0n) is 11.0. The lowest BCUT2D eigenvalue weighted by atomic mass is 10.2. The first-order valence-electron chi connectivity index (χ1n) is 6.70. The molecule has 0 unspecified atom stereocenters. The van der Waals surface area contributed by atoms with Crippen LogP contribution in [0.4, 0.5) is 5.69 Å². The molecule has 6 nitrogen and oxygen atoms in total. The van der Waals surface area contributed by atoms with E-state index in [0.717, 1.165) is 5.56 Å². The van der Waals surface area contributed by atoms with Gasteiger partial charge >= 0.3 is 0 Å². The Morgan fingerprint density at radius 1 is 1.25 bits per heavy atom. The molecule has 0 bridgehead atoms. The third-order valence-electron chi connectivity index (χ3n) is 3.44. The van der Waals surface area contributed by atoms with Gasteiger partial charge in [-0.3, -0.25) is 4.79 Å². The maximum atomic E-state index is 12.1. The smallest absolute Gasteiger partial charge is 0.240 e. The molecule has 1 fully saturated rings. The summed E-state index contributed by atoms with van der Waals surface area (Å²) >= 11 is 0. The first-order chi connectivity index (χ1) is 9.54. The van der Waals surface area contributed by atoms with E-state index in [0.29, 0.717) is 24.8 Å². The second-order valence-electron chi connectivity index (χ2n) is 5.17. The maximum absolute atomic E-state index is 12.1. The van der Waals surface area contributed by atoms with Crippen molar-refractivity contribution in [3.05, 3.63) is 23.8 Å². The summed E-state index contributed by atoms with van der Waals surface area (Å²) in [6, 6.07) is 5.28. The molecule has 1 saturated carbocycles. The quantitative estimate of drug-likeness (QED) is 0.655. The predicted octanol–water partition coefficient (Wildman–Crippen LogP) is 0.211. The second-order valence-corrected chi connectivity index (χ2v) is 6.94. The van der Waals surface area contributed by atoms with Gasteiger partial charge < -0.3 is 10.6 Å². The molecule has 1 aromatic carbocycles. The van der Waals surface area contributed by atoms with Crippen LogP contribution in [0.15, 0.2) is 23.1 Å². The molecule has 1 heterocycles. The van der Waals surface area contributed by atoms with Gasteiger partial charge in [0.2, 0.25) is 15.9 Å². The van der Waals surface area contributed by atoms with Gasteiger partial charge in [0.1, 0.15) is 0 Å². The third kappa shape index (κ3) is 3.00. The molecule has 0 spiro atoms. The molecule has 0 radical (unpaired) electrons. The lowest BCUT2D eigenvalue weighted by Gasteiger charge is -2.08. The van der Waals surface area contributed by atoms with Crippen molar-refractivity contribution in [1.29, 1.82) is 0 Å². The van der Waals surface area contributed by atoms with E-state index in [-0.39, 0.29) is 17.2 Å². The van der Waals surface area contributed by atoms with Gasteiger partial charge in [0, 0.05) is 24.8 Å². The Bertz CT molecular complexity index is 638. The van der Waals surface area contributed by atoms with E-state index < -0.39 is 10.0 Å². The molecular weight excluding hydrogens is 278 g/mol. The second kappa shape index (κ2) is 5.16. The molecule has 7 heteroatoms. The molecule has 1 aromatic rings. The number of nitrogens with one attached hydrogen (secondary N) is 3. The summed E-state index contributed by atoms with van der Waals surface area (Å²) in [6.07, 6.45) is 2.60. The van der Waals surface area contributed by atoms with E-state index in [1.165, 1.54) is 18.9 Å². The van der Waals surface area contributed by atoms with Crippen LogP contribution in [-0.4, -0.2) is 33.5 Å². The summed E-state index contributed by atoms with van der Waals surface area (Å²) in [7, 11) is -3.51. The van der Waals surface area contributed by atoms with Gasteiger partial charge in [0.15, 0.2) is 0 Å². The Labute approximate surface area is 118 Å². The Hall–Kier alpha value is -1.44. The highest BCUT2D eigenvalue weighted by Gasteiger charge is 2.22. The van der Waals surface area contributed by atoms with Crippen molar-refractivity contribution >= 4 is 21.6 Å². The molecule has 0 atom stereocenters. The minimum Gasteiger partial charge on any atom is -0.326 e. The molecule has 1 aliphatic heterocycles. The van der Waals surface area contributed by atoms with Gasteiger partial charge in [-0.15, -0.1) is 0 Å². The van der Waals surface area contributed by atoms with Crippen molar-refractivity contribution in [2.75, 3.05) is 18.4 Å². The van der Waals surface area contributed by atoms with E-state index in [2.05, 4.69) is 15.4 Å². The average Bonchev–Trinajstić information content (AvgIpc) is 3.14. The topological polar surface area (TPSA) is 87.3 Å². The summed E-state index contributed by atoms with van der Waals surface area (Å²) in [4.78, 5) is 11.5. The number of carbonyl (C=O) groups is 1. The average molecular weight is 295 g/mol. The summed E-state index contributed by atoms with van der Waals surface area (Å²) in [5.74, 6) is -0.101. The van der Waals surface area contributed by atoms with Crippen LogP contribution in [-0.2, 0) is 21.2 Å². The Balaban J connectivity index is 1.64. The normalized spacial score (nSPS) is 17.9. The summed E-state index contributed by atoms with van der Waals surface area (Å²) in [5, 5.41) is 5.93. The minimum absolute atomic E-state index is 0.101. The van der Waals surface area contributed by atoms with Crippen LogP contribution < -0.4 is 15.4 Å². The van der Waals surface area contributed by atoms with Crippen LogP contribution in [0.5, 0.6) is 0 Å². The third-order valence-corrected chi connectivity index (χ3v) is 4.90. The maximum Gasteiger partial charge on any atom is 0.240 e. The van der Waals surface area contributed by atoms with Crippen LogP contribution in [0, 0.1) is 0 Å². The number of amides is 1. The number of rotatable bonds is 6. The number of anilines is 1. The highest BCUT2D eigenvalue weighted by Crippen LogP contribution is 2.25. The zero-order chi connectivity index (χ0) is 14.2. The first-order valence-corrected chi connectivity index (χ1v) is 8.19. The Morgan fingerprint density at radius 3 is 2.80 bits per heavy atom. The number of fused-ring (bicyclic) bond motifs is 1. The zero-order valence-corrected chi connectivity index (χ0v) is 11.8. The van der Waals surface area contributed by atoms with Gasteiger partial charge in [-0.2, -0.15) is 0 Å². The number of hydrogen-bond donors (Lipinski definition) is 3. The van der Waals surface area contributed by atoms with Crippen molar-refractivity contribution in [1.82, 2.24) is 10.0 Å². The van der Waals surface area contributed by atoms with E-state index in [9.17, 15) is 13.2 Å². The van der Waals surface area contributed by atoms with Gasteiger partial charge in [0.25, 0.3) is 0 Å². The molecule has 0 aromatic heterocycles. The van der Waals surface area contributed by atoms with Gasteiger partial charge in [-0.25, -0.2) is 13.1 Å². The van der Waals surface area contributed by atoms with Crippen LogP contribution >= 0.6 is 0 Å². The minimum atomic E-state index is -3.51. The molecular formula is C13H17N3O3S. The molecule has 2 aliphatic rings. The fourth-order valence-corrected chi connectivity index (χ4v) is 3.29. The van der Waals surface area contributed by atoms with Crippen molar-refractivity contribution in [3.63, 3.8) is 0 Å². The number of sulfonamides is 1. The predicted molar refractivity (Wildman–Crippen MR) is 75.0 cm³/mol. The molecule has 3 N–H and O–H groups in total. The van der Waals surface area contributed by atoms with Crippen LogP contribution in [0.25, 0.3) is 0 Å². The standard InChI is InChI=1S/C13H17N3O3S/c17-13-8-9-7-11(3-4-12(9)16-13)20(18,19)15-6-5-14-10-1-2-10/h3-4,7,10,14-15H,1-2,5-6,8H2,(H,16,17). The van der Waals surface area contributed by atoms with Crippen molar-refractivity contribution in [2.45, 2.75) is 30.2 Å². The summed E-state index contributed by atoms with van der Waals surface area (Å²) in [5.41, 5.74) is 1.43. The van der Waals surface area contributed by atoms with Gasteiger partial charge in [-0.1, -0.05) is 0 Å². The van der Waals surface area contributed by atoms with Crippen LogP contribution in [0.2, 0.25) is 0 Å². The Morgan fingerprint density at radius 2 is 2.05 bits per heavy atom. The van der Waals surface area contributed by atoms with E-state index in [4.69, 9.17) is 0 Å². The highest BCUT2D eigenvalue weighted by molar-refractivity contribution is 7.89. The van der Waals surface area contributed by atoms with Gasteiger partial charge in [0.05, 0.1) is 11.3 Å². The summed E-state index contributed by atoms with van der Waals surface area (Å²) < 4.78 is 26.8. The fourth-order valence-electron chi connectivity index (χ4n) is 2.21. The van der Waals surface area contributed by atoms with Crippen molar-refractivity contribution in [3.8, 4) is 0 Å². The molecule has 108 valence electrons. The fraction of sp³-hybridized carbons (Fsp3) is 0.462. The van der Waals surface area contributed by atoms with Crippen LogP contribution in [0.1, 0.15) is 18.4 Å². The van der Waals surface area contributed by atoms with Crippen molar-refractivity contribution < 1.29 is 13.2 Å². The monoisotopic (exact) mass is 295 g/mol. The number of hydrogen-bond acceptors (Lipinski definition) is 4. The lowest BCUT2D eigenvalue weighted by molar-refractivity contribution is -0.115. The van der Waals surface area contributed by atoms with E-state index in [1.807, 2.05) is 0 Å².